The summed E-state index contributed by atoms with van der Waals surface area (Å²) in [4.78, 5) is 12.3. The third-order valence-corrected chi connectivity index (χ3v) is 4.80. The maximum Gasteiger partial charge on any atom is 0.246 e. The second-order valence-corrected chi connectivity index (χ2v) is 6.89. The van der Waals surface area contributed by atoms with Crippen molar-refractivity contribution in [1.82, 2.24) is 5.32 Å². The number of halogens is 1. The van der Waals surface area contributed by atoms with E-state index in [4.69, 9.17) is 4.74 Å². The minimum atomic E-state index is -0.225. The van der Waals surface area contributed by atoms with E-state index in [-0.39, 0.29) is 18.1 Å². The van der Waals surface area contributed by atoms with Crippen molar-refractivity contribution in [3.8, 4) is 0 Å². The summed E-state index contributed by atoms with van der Waals surface area (Å²) in [6.45, 7) is 0.544. The van der Waals surface area contributed by atoms with Crippen LogP contribution in [0.5, 0.6) is 0 Å². The number of benzene rings is 2. The van der Waals surface area contributed by atoms with Gasteiger partial charge in [-0.2, -0.15) is 0 Å². The van der Waals surface area contributed by atoms with Gasteiger partial charge in [0.15, 0.2) is 0 Å². The highest BCUT2D eigenvalue weighted by Gasteiger charge is 2.39. The number of nitrogens with one attached hydrogen (secondary N) is 1. The van der Waals surface area contributed by atoms with E-state index in [1.165, 1.54) is 0 Å². The molecule has 3 rings (SSSR count). The molecule has 2 aromatic rings. The Morgan fingerprint density at radius 2 is 1.91 bits per heavy atom. The summed E-state index contributed by atoms with van der Waals surface area (Å²) in [7, 11) is 0. The van der Waals surface area contributed by atoms with Gasteiger partial charge >= 0.3 is 0 Å². The van der Waals surface area contributed by atoms with Crippen LogP contribution in [0.25, 0.3) is 0 Å². The van der Waals surface area contributed by atoms with Crippen molar-refractivity contribution in [1.29, 1.82) is 0 Å². The van der Waals surface area contributed by atoms with E-state index in [2.05, 4.69) is 33.4 Å². The van der Waals surface area contributed by atoms with Gasteiger partial charge in [0.05, 0.1) is 12.1 Å². The molecule has 0 heterocycles. The number of hydrogen-bond acceptors (Lipinski definition) is 2. The lowest BCUT2D eigenvalue weighted by Gasteiger charge is -2.43. The monoisotopic (exact) mass is 373 g/mol. The topological polar surface area (TPSA) is 38.3 Å². The molecule has 2 aromatic carbocycles. The predicted octanol–water partition coefficient (Wildman–Crippen LogP) is 4.16. The van der Waals surface area contributed by atoms with E-state index in [0.29, 0.717) is 6.61 Å². The van der Waals surface area contributed by atoms with Crippen LogP contribution >= 0.6 is 15.9 Å². The number of ether oxygens (including phenoxy) is 1. The smallest absolute Gasteiger partial charge is 0.246 e. The van der Waals surface area contributed by atoms with E-state index in [0.717, 1.165) is 34.9 Å². The first-order chi connectivity index (χ1) is 11.2. The molecule has 1 saturated carbocycles. The van der Waals surface area contributed by atoms with Gasteiger partial charge in [0.1, 0.15) is 6.61 Å². The summed E-state index contributed by atoms with van der Waals surface area (Å²) in [6, 6.07) is 18.1. The van der Waals surface area contributed by atoms with Crippen LogP contribution in [0.2, 0.25) is 0 Å². The van der Waals surface area contributed by atoms with Crippen molar-refractivity contribution in [2.24, 2.45) is 0 Å². The maximum atomic E-state index is 12.3. The second-order valence-electron chi connectivity index (χ2n) is 5.97. The molecule has 3 nitrogen and oxygen atoms in total. The molecule has 1 N–H and O–H groups in total. The molecule has 1 fully saturated rings. The van der Waals surface area contributed by atoms with Crippen LogP contribution in [0.3, 0.4) is 0 Å². The van der Waals surface area contributed by atoms with Gasteiger partial charge in [-0.05, 0) is 42.5 Å². The van der Waals surface area contributed by atoms with Crippen LogP contribution in [-0.4, -0.2) is 12.5 Å². The fourth-order valence-electron chi connectivity index (χ4n) is 2.94. The molecule has 1 aliphatic carbocycles. The number of carbonyl (C=O) groups excluding carboxylic acids is 1. The van der Waals surface area contributed by atoms with Gasteiger partial charge in [-0.1, -0.05) is 58.4 Å². The fraction of sp³-hybridized carbons (Fsp3) is 0.316. The van der Waals surface area contributed by atoms with Crippen molar-refractivity contribution in [3.63, 3.8) is 0 Å². The molecule has 4 heteroatoms. The van der Waals surface area contributed by atoms with Crippen molar-refractivity contribution in [2.75, 3.05) is 6.61 Å². The maximum absolute atomic E-state index is 12.3. The van der Waals surface area contributed by atoms with Crippen molar-refractivity contribution in [3.05, 3.63) is 70.2 Å². The highest BCUT2D eigenvalue weighted by Crippen LogP contribution is 2.41. The van der Waals surface area contributed by atoms with E-state index in [9.17, 15) is 4.79 Å². The number of hydrogen-bond donors (Lipinski definition) is 1. The Balaban J connectivity index is 1.56. The molecule has 23 heavy (non-hydrogen) atoms. The minimum absolute atomic E-state index is 0.0550. The van der Waals surface area contributed by atoms with E-state index in [1.807, 2.05) is 42.5 Å². The highest BCUT2D eigenvalue weighted by molar-refractivity contribution is 9.10. The SMILES string of the molecule is O=C(COCc1ccccc1)NC1(c2cccc(Br)c2)CCC1. The van der Waals surface area contributed by atoms with Gasteiger partial charge in [-0.15, -0.1) is 0 Å². The first-order valence-electron chi connectivity index (χ1n) is 7.87. The number of carbonyl (C=O) groups is 1. The van der Waals surface area contributed by atoms with E-state index >= 15 is 0 Å². The third kappa shape index (κ3) is 4.01. The average Bonchev–Trinajstić information content (AvgIpc) is 2.52. The van der Waals surface area contributed by atoms with Crippen LogP contribution in [0.4, 0.5) is 0 Å². The summed E-state index contributed by atoms with van der Waals surface area (Å²) in [5, 5.41) is 3.17. The minimum Gasteiger partial charge on any atom is -0.367 e. The summed E-state index contributed by atoms with van der Waals surface area (Å²) in [5.41, 5.74) is 2.01. The molecule has 0 spiro atoms. The van der Waals surface area contributed by atoms with E-state index in [1.54, 1.807) is 0 Å². The van der Waals surface area contributed by atoms with Gasteiger partial charge in [0, 0.05) is 4.47 Å². The van der Waals surface area contributed by atoms with Gasteiger partial charge in [-0.25, -0.2) is 0 Å². The molecular weight excluding hydrogens is 354 g/mol. The lowest BCUT2D eigenvalue weighted by Crippen LogP contribution is -2.51. The molecular formula is C19H20BrNO2. The fourth-order valence-corrected chi connectivity index (χ4v) is 3.34. The Labute approximate surface area is 145 Å². The average molecular weight is 374 g/mol. The summed E-state index contributed by atoms with van der Waals surface area (Å²) in [6.07, 6.45) is 3.10. The van der Waals surface area contributed by atoms with Crippen LogP contribution in [0.15, 0.2) is 59.1 Å². The Morgan fingerprint density at radius 1 is 1.13 bits per heavy atom. The zero-order chi connectivity index (χ0) is 16.1. The van der Waals surface area contributed by atoms with Gasteiger partial charge in [-0.3, -0.25) is 4.79 Å². The molecule has 0 aromatic heterocycles. The van der Waals surface area contributed by atoms with Crippen LogP contribution in [0.1, 0.15) is 30.4 Å². The Bertz CT molecular complexity index is 668. The van der Waals surface area contributed by atoms with Gasteiger partial charge < -0.3 is 10.1 Å². The van der Waals surface area contributed by atoms with Crippen LogP contribution < -0.4 is 5.32 Å². The zero-order valence-electron chi connectivity index (χ0n) is 12.9. The third-order valence-electron chi connectivity index (χ3n) is 4.31. The lowest BCUT2D eigenvalue weighted by atomic mass is 9.72. The second kappa shape index (κ2) is 7.28. The van der Waals surface area contributed by atoms with E-state index < -0.39 is 0 Å². The lowest BCUT2D eigenvalue weighted by molar-refractivity contribution is -0.129. The molecule has 1 aliphatic rings. The summed E-state index contributed by atoms with van der Waals surface area (Å²) < 4.78 is 6.57. The molecule has 0 radical (unpaired) electrons. The van der Waals surface area contributed by atoms with Crippen LogP contribution in [0, 0.1) is 0 Å². The summed E-state index contributed by atoms with van der Waals surface area (Å²) in [5.74, 6) is -0.0550. The largest absolute Gasteiger partial charge is 0.367 e. The molecule has 0 atom stereocenters. The Hall–Kier alpha value is -1.65. The van der Waals surface area contributed by atoms with Crippen molar-refractivity contribution >= 4 is 21.8 Å². The molecule has 0 aliphatic heterocycles. The Kier molecular flexibility index (Phi) is 5.13. The molecule has 1 amide bonds. The first-order valence-corrected chi connectivity index (χ1v) is 8.66. The summed E-state index contributed by atoms with van der Waals surface area (Å²) >= 11 is 3.50. The first kappa shape index (κ1) is 16.2. The van der Waals surface area contributed by atoms with Crippen molar-refractivity contribution in [2.45, 2.75) is 31.4 Å². The van der Waals surface area contributed by atoms with Crippen LogP contribution in [-0.2, 0) is 21.7 Å². The van der Waals surface area contributed by atoms with Gasteiger partial charge in [0.2, 0.25) is 5.91 Å². The standard InChI is InChI=1S/C19H20BrNO2/c20-17-9-4-8-16(12-17)19(10-5-11-19)21-18(22)14-23-13-15-6-2-1-3-7-15/h1-4,6-9,12H,5,10-11,13-14H2,(H,21,22). The molecule has 0 saturated heterocycles. The Morgan fingerprint density at radius 3 is 2.57 bits per heavy atom. The van der Waals surface area contributed by atoms with Gasteiger partial charge in [0.25, 0.3) is 0 Å². The normalized spacial score (nSPS) is 15.7. The molecule has 0 bridgehead atoms. The number of rotatable bonds is 6. The quantitative estimate of drug-likeness (QED) is 0.825. The predicted molar refractivity (Wildman–Crippen MR) is 93.9 cm³/mol. The molecule has 120 valence electrons. The zero-order valence-corrected chi connectivity index (χ0v) is 14.5. The number of amides is 1. The highest BCUT2D eigenvalue weighted by atomic mass is 79.9. The molecule has 0 unspecified atom stereocenters. The van der Waals surface area contributed by atoms with Crippen molar-refractivity contribution < 1.29 is 9.53 Å².